The first-order chi connectivity index (χ1) is 10.3. The van der Waals surface area contributed by atoms with Crippen molar-refractivity contribution in [3.05, 3.63) is 35.4 Å². The maximum atomic E-state index is 8.87. The Kier molecular flexibility index (Phi) is 6.72. The third-order valence-corrected chi connectivity index (χ3v) is 4.37. The lowest BCUT2D eigenvalue weighted by Crippen LogP contribution is -2.38. The zero-order valence-electron chi connectivity index (χ0n) is 13.1. The normalized spacial score (nSPS) is 19.3. The summed E-state index contributed by atoms with van der Waals surface area (Å²) in [4.78, 5) is 2.64. The molecule has 1 N–H and O–H groups in total. The first kappa shape index (κ1) is 16.0. The van der Waals surface area contributed by atoms with Crippen molar-refractivity contribution in [1.29, 1.82) is 5.26 Å². The van der Waals surface area contributed by atoms with Gasteiger partial charge in [0.15, 0.2) is 0 Å². The second-order valence-electron chi connectivity index (χ2n) is 6.08. The highest BCUT2D eigenvalue weighted by Gasteiger charge is 2.16. The molecule has 114 valence electrons. The molecular weight excluding hydrogens is 258 g/mol. The zero-order valence-corrected chi connectivity index (χ0v) is 13.1. The number of piperidine rings is 1. The van der Waals surface area contributed by atoms with E-state index in [0.717, 1.165) is 24.7 Å². The molecule has 1 atom stereocenters. The maximum absolute atomic E-state index is 8.87. The van der Waals surface area contributed by atoms with Crippen molar-refractivity contribution in [1.82, 2.24) is 10.2 Å². The molecule has 21 heavy (non-hydrogen) atoms. The summed E-state index contributed by atoms with van der Waals surface area (Å²) >= 11 is 0. The van der Waals surface area contributed by atoms with E-state index in [1.165, 1.54) is 50.8 Å². The average molecular weight is 285 g/mol. The summed E-state index contributed by atoms with van der Waals surface area (Å²) in [5.41, 5.74) is 1.94. The first-order valence-electron chi connectivity index (χ1n) is 8.23. The highest BCUT2D eigenvalue weighted by molar-refractivity contribution is 5.32. The molecule has 1 aromatic rings. The minimum absolute atomic E-state index is 0.744. The van der Waals surface area contributed by atoms with Gasteiger partial charge in [0.2, 0.25) is 0 Å². The highest BCUT2D eigenvalue weighted by Crippen LogP contribution is 2.16. The predicted octanol–water partition coefficient (Wildman–Crippen LogP) is 3.30. The minimum atomic E-state index is 0.744. The predicted molar refractivity (Wildman–Crippen MR) is 87.0 cm³/mol. The van der Waals surface area contributed by atoms with Crippen LogP contribution in [0.2, 0.25) is 0 Å². The van der Waals surface area contributed by atoms with Crippen LogP contribution in [0, 0.1) is 11.3 Å². The zero-order chi connectivity index (χ0) is 14.9. The number of rotatable bonds is 7. The van der Waals surface area contributed by atoms with Crippen molar-refractivity contribution in [2.75, 3.05) is 19.6 Å². The Balaban J connectivity index is 1.56. The molecule has 2 rings (SSSR count). The standard InChI is InChI=1S/C18H27N3/c1-16-7-2-4-11-21(16)12-5-3-10-20-15-18-9-6-8-17(13-18)14-19/h6,8-9,13,16,20H,2-5,7,10-12,15H2,1H3. The maximum Gasteiger partial charge on any atom is 0.0991 e. The lowest BCUT2D eigenvalue weighted by molar-refractivity contribution is 0.158. The van der Waals surface area contributed by atoms with Crippen molar-refractivity contribution in [2.45, 2.75) is 51.6 Å². The fourth-order valence-corrected chi connectivity index (χ4v) is 3.04. The van der Waals surface area contributed by atoms with Gasteiger partial charge in [0.1, 0.15) is 0 Å². The second kappa shape index (κ2) is 8.81. The molecule has 0 aliphatic carbocycles. The summed E-state index contributed by atoms with van der Waals surface area (Å²) in [5.74, 6) is 0. The number of nitrogens with one attached hydrogen (secondary N) is 1. The molecule has 0 spiro atoms. The molecule has 3 heteroatoms. The van der Waals surface area contributed by atoms with E-state index in [1.807, 2.05) is 18.2 Å². The molecule has 0 amide bonds. The number of nitrogens with zero attached hydrogens (tertiary/aromatic N) is 2. The smallest absolute Gasteiger partial charge is 0.0991 e. The molecule has 1 aliphatic rings. The Morgan fingerprint density at radius 3 is 3.05 bits per heavy atom. The van der Waals surface area contributed by atoms with Crippen molar-refractivity contribution in [3.63, 3.8) is 0 Å². The van der Waals surface area contributed by atoms with Gasteiger partial charge < -0.3 is 10.2 Å². The number of nitriles is 1. The van der Waals surface area contributed by atoms with Crippen molar-refractivity contribution < 1.29 is 0 Å². The van der Waals surface area contributed by atoms with E-state index in [-0.39, 0.29) is 0 Å². The summed E-state index contributed by atoms with van der Waals surface area (Å²) < 4.78 is 0. The fourth-order valence-electron chi connectivity index (χ4n) is 3.04. The van der Waals surface area contributed by atoms with Crippen LogP contribution in [0.4, 0.5) is 0 Å². The van der Waals surface area contributed by atoms with E-state index in [2.05, 4.69) is 29.3 Å². The Labute approximate surface area is 129 Å². The van der Waals surface area contributed by atoms with Gasteiger partial charge >= 0.3 is 0 Å². The molecule has 1 aliphatic heterocycles. The third kappa shape index (κ3) is 5.49. The van der Waals surface area contributed by atoms with Crippen molar-refractivity contribution >= 4 is 0 Å². The van der Waals surface area contributed by atoms with Crippen LogP contribution in [-0.4, -0.2) is 30.6 Å². The summed E-state index contributed by atoms with van der Waals surface area (Å²) in [6, 6.07) is 10.8. The Bertz CT molecular complexity index is 464. The fraction of sp³-hybridized carbons (Fsp3) is 0.611. The van der Waals surface area contributed by atoms with Crippen LogP contribution in [0.25, 0.3) is 0 Å². The Morgan fingerprint density at radius 2 is 2.24 bits per heavy atom. The van der Waals surface area contributed by atoms with E-state index in [9.17, 15) is 0 Å². The molecule has 1 fully saturated rings. The van der Waals surface area contributed by atoms with Gasteiger partial charge in [0.05, 0.1) is 11.6 Å². The lowest BCUT2D eigenvalue weighted by atomic mass is 10.0. The van der Waals surface area contributed by atoms with Gasteiger partial charge in [-0.2, -0.15) is 5.26 Å². The van der Waals surface area contributed by atoms with Crippen LogP contribution >= 0.6 is 0 Å². The number of likely N-dealkylation sites (tertiary alicyclic amines) is 1. The lowest BCUT2D eigenvalue weighted by Gasteiger charge is -2.33. The average Bonchev–Trinajstić information content (AvgIpc) is 2.52. The van der Waals surface area contributed by atoms with Crippen molar-refractivity contribution in [3.8, 4) is 6.07 Å². The van der Waals surface area contributed by atoms with Crippen LogP contribution in [0.5, 0.6) is 0 Å². The van der Waals surface area contributed by atoms with E-state index < -0.39 is 0 Å². The van der Waals surface area contributed by atoms with E-state index in [0.29, 0.717) is 0 Å². The largest absolute Gasteiger partial charge is 0.313 e. The van der Waals surface area contributed by atoms with Gasteiger partial charge in [0, 0.05) is 12.6 Å². The van der Waals surface area contributed by atoms with Gasteiger partial charge in [-0.15, -0.1) is 0 Å². The molecule has 1 saturated heterocycles. The molecule has 0 saturated carbocycles. The van der Waals surface area contributed by atoms with Crippen LogP contribution in [-0.2, 0) is 6.54 Å². The Hall–Kier alpha value is -1.37. The molecule has 0 bridgehead atoms. The molecule has 1 heterocycles. The van der Waals surface area contributed by atoms with E-state index in [1.54, 1.807) is 0 Å². The molecule has 0 aromatic heterocycles. The summed E-state index contributed by atoms with van der Waals surface area (Å²) in [5, 5.41) is 12.3. The highest BCUT2D eigenvalue weighted by atomic mass is 15.1. The molecule has 1 aromatic carbocycles. The van der Waals surface area contributed by atoms with Crippen LogP contribution in [0.15, 0.2) is 24.3 Å². The molecule has 3 nitrogen and oxygen atoms in total. The molecule has 0 radical (unpaired) electrons. The summed E-state index contributed by atoms with van der Waals surface area (Å²) in [6.45, 7) is 6.80. The van der Waals surface area contributed by atoms with Gasteiger partial charge in [0.25, 0.3) is 0 Å². The second-order valence-corrected chi connectivity index (χ2v) is 6.08. The van der Waals surface area contributed by atoms with Gasteiger partial charge in [-0.25, -0.2) is 0 Å². The topological polar surface area (TPSA) is 39.1 Å². The SMILES string of the molecule is CC1CCCCN1CCCCNCc1cccc(C#N)c1. The van der Waals surface area contributed by atoms with Gasteiger partial charge in [-0.1, -0.05) is 18.6 Å². The Morgan fingerprint density at radius 1 is 1.33 bits per heavy atom. The first-order valence-corrected chi connectivity index (χ1v) is 8.23. The van der Waals surface area contributed by atoms with E-state index in [4.69, 9.17) is 5.26 Å². The van der Waals surface area contributed by atoms with Crippen LogP contribution in [0.1, 0.15) is 50.2 Å². The molecule has 1 unspecified atom stereocenters. The quantitative estimate of drug-likeness (QED) is 0.781. The van der Waals surface area contributed by atoms with Crippen molar-refractivity contribution in [2.24, 2.45) is 0 Å². The minimum Gasteiger partial charge on any atom is -0.313 e. The van der Waals surface area contributed by atoms with Gasteiger partial charge in [-0.05, 0) is 69.9 Å². The number of hydrogen-bond donors (Lipinski definition) is 1. The van der Waals surface area contributed by atoms with Crippen LogP contribution in [0.3, 0.4) is 0 Å². The van der Waals surface area contributed by atoms with Crippen LogP contribution < -0.4 is 5.32 Å². The summed E-state index contributed by atoms with van der Waals surface area (Å²) in [6.07, 6.45) is 6.64. The monoisotopic (exact) mass is 285 g/mol. The molecular formula is C18H27N3. The van der Waals surface area contributed by atoms with E-state index >= 15 is 0 Å². The number of unbranched alkanes of at least 4 members (excludes halogenated alkanes) is 1. The number of benzene rings is 1. The van der Waals surface area contributed by atoms with Gasteiger partial charge in [-0.3, -0.25) is 0 Å². The third-order valence-electron chi connectivity index (χ3n) is 4.37. The summed E-state index contributed by atoms with van der Waals surface area (Å²) in [7, 11) is 0. The number of hydrogen-bond acceptors (Lipinski definition) is 3.